The van der Waals surface area contributed by atoms with Crippen molar-refractivity contribution in [1.29, 1.82) is 0 Å². The van der Waals surface area contributed by atoms with E-state index in [1.54, 1.807) is 0 Å². The van der Waals surface area contributed by atoms with Gasteiger partial charge in [0.15, 0.2) is 0 Å². The zero-order valence-electron chi connectivity index (χ0n) is 4.65. The summed E-state index contributed by atoms with van der Waals surface area (Å²) in [7, 11) is 2.60. The highest BCUT2D eigenvalue weighted by Crippen LogP contribution is 1.72. The lowest BCUT2D eigenvalue weighted by Gasteiger charge is -1.89. The number of nitrogens with one attached hydrogen (secondary N) is 1. The van der Waals surface area contributed by atoms with E-state index in [4.69, 9.17) is 0 Å². The van der Waals surface area contributed by atoms with Crippen LogP contribution in [0.4, 0.5) is 0 Å². The Hall–Kier alpha value is 0.130. The maximum atomic E-state index is 3.13. The first-order valence-electron chi connectivity index (χ1n) is 2.43. The molecule has 0 aliphatic rings. The molecule has 0 aromatic heterocycles. The predicted octanol–water partition coefficient (Wildman–Crippen LogP) is 0.985. The van der Waals surface area contributed by atoms with Gasteiger partial charge in [-0.25, -0.2) is 0 Å². The van der Waals surface area contributed by atoms with Crippen LogP contribution >= 0.6 is 9.24 Å². The Kier molecular flexibility index (Phi) is 6.24. The normalized spacial score (nSPS) is 10.6. The topological polar surface area (TPSA) is 12.0 Å². The largest absolute Gasteiger partial charge is 0.310 e. The van der Waals surface area contributed by atoms with Crippen LogP contribution in [-0.2, 0) is 0 Å². The molecule has 42 valence electrons. The molecule has 0 rings (SSSR count). The van der Waals surface area contributed by atoms with Crippen molar-refractivity contribution in [1.82, 2.24) is 5.32 Å². The fraction of sp³-hybridized carbons (Fsp3) is 0.600. The molecule has 0 spiro atoms. The van der Waals surface area contributed by atoms with E-state index in [9.17, 15) is 0 Å². The average molecular weight is 117 g/mol. The molecule has 7 heavy (non-hydrogen) atoms. The lowest BCUT2D eigenvalue weighted by Crippen LogP contribution is -2.09. The Bertz CT molecular complexity index is 52.0. The second kappa shape index (κ2) is 6.13. The molecule has 0 saturated heterocycles. The SMILES string of the molecule is C/C=C/CNCP. The summed E-state index contributed by atoms with van der Waals surface area (Å²) >= 11 is 0. The van der Waals surface area contributed by atoms with Crippen molar-refractivity contribution in [2.45, 2.75) is 6.92 Å². The number of rotatable bonds is 3. The highest BCUT2D eigenvalue weighted by Gasteiger charge is 1.68. The van der Waals surface area contributed by atoms with E-state index in [2.05, 4.69) is 20.6 Å². The van der Waals surface area contributed by atoms with Gasteiger partial charge in [-0.2, -0.15) is 0 Å². The molecule has 0 saturated carbocycles. The van der Waals surface area contributed by atoms with E-state index in [0.29, 0.717) is 0 Å². The summed E-state index contributed by atoms with van der Waals surface area (Å²) in [6, 6.07) is 0. The van der Waals surface area contributed by atoms with Crippen LogP contribution in [0.2, 0.25) is 0 Å². The average Bonchev–Trinajstić information content (AvgIpc) is 1.69. The summed E-state index contributed by atoms with van der Waals surface area (Å²) in [5.74, 6) is 0. The van der Waals surface area contributed by atoms with Crippen LogP contribution in [0.15, 0.2) is 12.2 Å². The van der Waals surface area contributed by atoms with Crippen LogP contribution in [0.5, 0.6) is 0 Å². The quantitative estimate of drug-likeness (QED) is 0.330. The first kappa shape index (κ1) is 7.13. The van der Waals surface area contributed by atoms with Crippen molar-refractivity contribution in [3.8, 4) is 0 Å². The summed E-state index contributed by atoms with van der Waals surface area (Å²) in [5, 5.41) is 3.13. The summed E-state index contributed by atoms with van der Waals surface area (Å²) in [5.41, 5.74) is 0. The van der Waals surface area contributed by atoms with Crippen LogP contribution < -0.4 is 5.32 Å². The van der Waals surface area contributed by atoms with Gasteiger partial charge in [-0.1, -0.05) is 12.2 Å². The first-order valence-corrected chi connectivity index (χ1v) is 3.25. The highest BCUT2D eigenvalue weighted by atomic mass is 31.0. The number of allylic oxidation sites excluding steroid dienone is 1. The van der Waals surface area contributed by atoms with E-state index in [0.717, 1.165) is 12.8 Å². The fourth-order valence-electron chi connectivity index (χ4n) is 0.285. The molecule has 0 aromatic carbocycles. The lowest BCUT2D eigenvalue weighted by atomic mass is 10.5. The molecule has 0 bridgehead atoms. The third-order valence-corrected chi connectivity index (χ3v) is 0.931. The van der Waals surface area contributed by atoms with Gasteiger partial charge in [-0.15, -0.1) is 9.24 Å². The van der Waals surface area contributed by atoms with Crippen molar-refractivity contribution in [2.24, 2.45) is 0 Å². The third kappa shape index (κ3) is 6.13. The molecule has 0 aromatic rings. The first-order chi connectivity index (χ1) is 3.41. The molecule has 0 radical (unpaired) electrons. The summed E-state index contributed by atoms with van der Waals surface area (Å²) in [6.07, 6.45) is 5.10. The van der Waals surface area contributed by atoms with Crippen molar-refractivity contribution in [2.75, 3.05) is 12.8 Å². The predicted molar refractivity (Wildman–Crippen MR) is 37.4 cm³/mol. The molecular weight excluding hydrogens is 105 g/mol. The molecule has 0 aliphatic carbocycles. The van der Waals surface area contributed by atoms with E-state index in [1.165, 1.54) is 0 Å². The van der Waals surface area contributed by atoms with Crippen LogP contribution in [0, 0.1) is 0 Å². The number of hydrogen-bond donors (Lipinski definition) is 1. The minimum atomic E-state index is 0.977. The van der Waals surface area contributed by atoms with Gasteiger partial charge in [0.05, 0.1) is 0 Å². The van der Waals surface area contributed by atoms with Crippen molar-refractivity contribution in [3.63, 3.8) is 0 Å². The molecule has 0 fully saturated rings. The maximum absolute atomic E-state index is 3.13. The van der Waals surface area contributed by atoms with Gasteiger partial charge in [-0.3, -0.25) is 0 Å². The zero-order valence-corrected chi connectivity index (χ0v) is 5.80. The van der Waals surface area contributed by atoms with Gasteiger partial charge in [0.1, 0.15) is 0 Å². The minimum absolute atomic E-state index is 0.977. The Morgan fingerprint density at radius 3 is 2.86 bits per heavy atom. The summed E-state index contributed by atoms with van der Waals surface area (Å²) in [6.45, 7) is 3.00. The Morgan fingerprint density at radius 1 is 1.71 bits per heavy atom. The molecular formula is C5H12NP. The van der Waals surface area contributed by atoms with Crippen LogP contribution in [0.3, 0.4) is 0 Å². The lowest BCUT2D eigenvalue weighted by molar-refractivity contribution is 0.891. The van der Waals surface area contributed by atoms with Gasteiger partial charge < -0.3 is 5.32 Å². The molecule has 1 unspecified atom stereocenters. The smallest absolute Gasteiger partial charge is 0.0137 e. The van der Waals surface area contributed by atoms with E-state index in [-0.39, 0.29) is 0 Å². The standard InChI is InChI=1S/C5H12NP/c1-2-3-4-6-5-7/h2-3,6H,4-5,7H2,1H3/b3-2+. The Labute approximate surface area is 47.4 Å². The number of hydrogen-bond acceptors (Lipinski definition) is 1. The van der Waals surface area contributed by atoms with Crippen LogP contribution in [0.25, 0.3) is 0 Å². The summed E-state index contributed by atoms with van der Waals surface area (Å²) < 4.78 is 0. The highest BCUT2D eigenvalue weighted by molar-refractivity contribution is 7.16. The fourth-order valence-corrected chi connectivity index (χ4v) is 0.451. The van der Waals surface area contributed by atoms with Crippen molar-refractivity contribution in [3.05, 3.63) is 12.2 Å². The van der Waals surface area contributed by atoms with E-state index in [1.807, 2.05) is 13.0 Å². The van der Waals surface area contributed by atoms with Crippen LogP contribution in [0.1, 0.15) is 6.92 Å². The molecule has 0 amide bonds. The van der Waals surface area contributed by atoms with Gasteiger partial charge >= 0.3 is 0 Å². The zero-order chi connectivity index (χ0) is 5.54. The van der Waals surface area contributed by atoms with Gasteiger partial charge in [0.2, 0.25) is 0 Å². The monoisotopic (exact) mass is 117 g/mol. The maximum Gasteiger partial charge on any atom is 0.0137 e. The van der Waals surface area contributed by atoms with Gasteiger partial charge in [-0.05, 0) is 6.92 Å². The molecule has 0 heterocycles. The van der Waals surface area contributed by atoms with Crippen LogP contribution in [-0.4, -0.2) is 12.8 Å². The van der Waals surface area contributed by atoms with Gasteiger partial charge in [0, 0.05) is 12.8 Å². The van der Waals surface area contributed by atoms with E-state index >= 15 is 0 Å². The van der Waals surface area contributed by atoms with E-state index < -0.39 is 0 Å². The van der Waals surface area contributed by atoms with Gasteiger partial charge in [0.25, 0.3) is 0 Å². The molecule has 1 nitrogen and oxygen atoms in total. The summed E-state index contributed by atoms with van der Waals surface area (Å²) in [4.78, 5) is 0. The molecule has 2 heteroatoms. The third-order valence-electron chi connectivity index (χ3n) is 0.642. The second-order valence-corrected chi connectivity index (χ2v) is 1.64. The Morgan fingerprint density at radius 2 is 2.43 bits per heavy atom. The molecule has 0 aliphatic heterocycles. The molecule has 1 atom stereocenters. The van der Waals surface area contributed by atoms with Crippen molar-refractivity contribution < 1.29 is 0 Å². The van der Waals surface area contributed by atoms with Crippen molar-refractivity contribution >= 4 is 9.24 Å². The minimum Gasteiger partial charge on any atom is -0.310 e. The molecule has 1 N–H and O–H groups in total. The second-order valence-electron chi connectivity index (χ2n) is 1.23. The Balaban J connectivity index is 2.69.